The summed E-state index contributed by atoms with van der Waals surface area (Å²) in [5.41, 5.74) is 50.0. The number of nitrogens with zero attached hydrogens (tertiary/aromatic N) is 10. The monoisotopic (exact) mass is 1870 g/mol. The lowest BCUT2D eigenvalue weighted by atomic mass is 9.88. The van der Waals surface area contributed by atoms with Crippen LogP contribution in [0.15, 0.2) is 298 Å². The Morgan fingerprint density at radius 1 is 0.220 bits per heavy atom. The van der Waals surface area contributed by atoms with E-state index < -0.39 is 0 Å². The second-order valence-electron chi connectivity index (χ2n) is 40.8. The lowest BCUT2D eigenvalue weighted by Crippen LogP contribution is -2.32. The van der Waals surface area contributed by atoms with Crippen LogP contribution in [0.1, 0.15) is 216 Å². The van der Waals surface area contributed by atoms with Crippen LogP contribution in [0.4, 0.5) is 8.78 Å². The molecule has 0 aliphatic heterocycles. The number of hydrogen-bond acceptors (Lipinski definition) is 0. The van der Waals surface area contributed by atoms with Crippen molar-refractivity contribution >= 4 is 0 Å². The maximum Gasteiger partial charge on any atom is 0.229 e. The Balaban J connectivity index is 0.000000141. The molecule has 0 aliphatic rings. The maximum absolute atomic E-state index is 15.8. The minimum absolute atomic E-state index is 0.223. The normalized spacial score (nSPS) is 11.3. The van der Waals surface area contributed by atoms with Crippen molar-refractivity contribution in [3.8, 4) is 119 Å². The summed E-state index contributed by atoms with van der Waals surface area (Å²) >= 11 is 0. The minimum atomic E-state index is -0.274. The van der Waals surface area contributed by atoms with Crippen molar-refractivity contribution in [2.24, 2.45) is 35.2 Å². The van der Waals surface area contributed by atoms with Crippen LogP contribution in [0.5, 0.6) is 0 Å². The Morgan fingerprint density at radius 3 is 0.858 bits per heavy atom. The molecule has 0 bridgehead atoms. The number of benzene rings is 8. The van der Waals surface area contributed by atoms with Gasteiger partial charge in [-0.25, -0.2) is 0 Å². The van der Waals surface area contributed by atoms with Gasteiger partial charge in [-0.1, -0.05) is 233 Å². The second kappa shape index (κ2) is 43.7. The molecule has 10 nitrogen and oxygen atoms in total. The molecule has 18 rings (SSSR count). The highest BCUT2D eigenvalue weighted by atomic mass is 19.1. The Bertz CT molecular complexity index is 7450. The molecule has 0 saturated heterocycles. The molecule has 0 aliphatic carbocycles. The van der Waals surface area contributed by atoms with E-state index in [-0.39, 0.29) is 23.7 Å². The van der Waals surface area contributed by atoms with Gasteiger partial charge in [-0.05, 0) is 307 Å². The standard InChI is InChI=1S/C30H26FN2.C30H34FN2.C25H33N2.2C22H27N2/c1-21-17-18-27(32(3)20-21)29-22(2)19-28(31)33(29)30-25(23-11-6-4-7-12-23)15-10-16-26(30)24-13-8-5-9-14-24;1-19(2)25-16-24(23-11-9-8-10-12-23)17-26(20(3)4)30(25)33-28(31)15-22(6)29(33)27-14-13-21(5)18-32(27)7;1-16(2)21-10-9-11-22(17(3)4)25(21)27-15-19(6)20(7)24(27)23-13-12-18(5)14-26(23)8;1-14-8-9-20(23(7)12-14)22-19(6)18(5)13-24(22)21-16(3)10-15(2)11-17(21)4;1-15(2)19-9-7-8-10-20(19)24-14-17(4)18(5)22(24)21-12-11-16(3)13-23(21)6/h4-20H,1-3H3;8-20H,1-7H3;9-17H,1-8H3;8-13H,1-7H3;7-15H,1-6H3/q5*+1. The average Bonchev–Trinajstić information content (AvgIpc) is 1.68. The number of aryl methyl sites for hydroxylation is 18. The maximum atomic E-state index is 15.8. The first-order chi connectivity index (χ1) is 67.1. The van der Waals surface area contributed by atoms with Gasteiger partial charge in [0.1, 0.15) is 63.7 Å². The molecule has 8 aromatic carbocycles. The van der Waals surface area contributed by atoms with Crippen LogP contribution in [0.3, 0.4) is 0 Å². The van der Waals surface area contributed by atoms with E-state index in [1.165, 1.54) is 151 Å². The van der Waals surface area contributed by atoms with Gasteiger partial charge in [0.15, 0.2) is 42.9 Å². The third-order valence-corrected chi connectivity index (χ3v) is 27.9. The highest BCUT2D eigenvalue weighted by Crippen LogP contribution is 2.45. The van der Waals surface area contributed by atoms with Crippen LogP contribution < -0.4 is 22.8 Å². The van der Waals surface area contributed by atoms with Gasteiger partial charge in [-0.2, -0.15) is 31.6 Å². The van der Waals surface area contributed by atoms with E-state index in [1.54, 1.807) is 16.7 Å². The lowest BCUT2D eigenvalue weighted by Gasteiger charge is -2.24. The molecule has 12 heteroatoms. The van der Waals surface area contributed by atoms with E-state index in [4.69, 9.17) is 0 Å². The molecule has 10 aromatic heterocycles. The van der Waals surface area contributed by atoms with Crippen LogP contribution in [-0.2, 0) is 35.2 Å². The van der Waals surface area contributed by atoms with Gasteiger partial charge in [0.05, 0.1) is 22.7 Å². The molecular weight excluding hydrogens is 1730 g/mol. The summed E-state index contributed by atoms with van der Waals surface area (Å²) in [5, 5.41) is 0. The number of para-hydroxylation sites is 3. The van der Waals surface area contributed by atoms with Gasteiger partial charge >= 0.3 is 0 Å². The molecule has 0 atom stereocenters. The zero-order chi connectivity index (χ0) is 102. The quantitative estimate of drug-likeness (QED) is 0.0769. The average molecular weight is 1880 g/mol. The van der Waals surface area contributed by atoms with E-state index in [2.05, 4.69) is 461 Å². The molecule has 10 heterocycles. The summed E-state index contributed by atoms with van der Waals surface area (Å²) in [6, 6.07) is 86.5. The summed E-state index contributed by atoms with van der Waals surface area (Å²) in [7, 11) is 10.4. The van der Waals surface area contributed by atoms with E-state index in [0.29, 0.717) is 17.8 Å². The fourth-order valence-corrected chi connectivity index (χ4v) is 20.5. The lowest BCUT2D eigenvalue weighted by molar-refractivity contribution is -0.661. The van der Waals surface area contributed by atoms with Crippen LogP contribution in [0, 0.1) is 123 Å². The Kier molecular flexibility index (Phi) is 31.8. The van der Waals surface area contributed by atoms with Gasteiger partial charge in [-0.15, -0.1) is 0 Å². The molecule has 0 spiro atoms. The zero-order valence-electron chi connectivity index (χ0n) is 89.4. The van der Waals surface area contributed by atoms with Gasteiger partial charge in [-0.3, -0.25) is 9.13 Å². The fourth-order valence-electron chi connectivity index (χ4n) is 20.5. The largest absolute Gasteiger partial charge is 0.311 e. The SMILES string of the molecule is Cc1cc(C)c(-n2cc(C)c(C)c2-c2ccc(C)c[n+]2C)c(C)c1.Cc1ccc(-c2c(C)c(C)cn2-c2c(C(C)C)cccc2C(C)C)[n+](C)c1.Cc1ccc(-c2c(C)c(C)cn2-c2ccccc2C(C)C)[n+](C)c1.Cc1ccc(-c2c(C)cc(F)n2-c2c(-c3ccccc3)cccc2-c2ccccc2)[n+](C)c1.Cc1ccc(-c2c(C)cc(F)n2-c2c(C(C)C)cc(-c3ccccc3)cc2C(C)C)[n+](C)c1. The van der Waals surface area contributed by atoms with Crippen molar-refractivity contribution in [2.45, 2.75) is 210 Å². The Labute approximate surface area is 839 Å². The Hall–Kier alpha value is -14.2. The molecule has 18 aromatic rings. The third-order valence-electron chi connectivity index (χ3n) is 27.9. The molecule has 0 radical (unpaired) electrons. The predicted molar refractivity (Wildman–Crippen MR) is 584 cm³/mol. The highest BCUT2D eigenvalue weighted by molar-refractivity contribution is 5.87. The summed E-state index contributed by atoms with van der Waals surface area (Å²) in [6.07, 6.45) is 17.6. The van der Waals surface area contributed by atoms with Gasteiger partial charge in [0.2, 0.25) is 28.5 Å². The summed E-state index contributed by atoms with van der Waals surface area (Å²) in [4.78, 5) is 0. The number of aromatic nitrogens is 10. The van der Waals surface area contributed by atoms with Crippen molar-refractivity contribution in [3.05, 3.63) is 427 Å². The highest BCUT2D eigenvalue weighted by Gasteiger charge is 2.33. The number of hydrogen-bond donors (Lipinski definition) is 0. The predicted octanol–water partition coefficient (Wildman–Crippen LogP) is 30.7. The zero-order valence-corrected chi connectivity index (χ0v) is 89.4. The summed E-state index contributed by atoms with van der Waals surface area (Å²) in [5.74, 6) is 1.42. The minimum Gasteiger partial charge on any atom is -0.311 e. The summed E-state index contributed by atoms with van der Waals surface area (Å²) < 4.78 is 53.2. The van der Waals surface area contributed by atoms with Gasteiger partial charge < -0.3 is 13.7 Å². The molecule has 0 fully saturated rings. The smallest absolute Gasteiger partial charge is 0.229 e. The van der Waals surface area contributed by atoms with E-state index >= 15 is 8.78 Å². The van der Waals surface area contributed by atoms with Crippen molar-refractivity contribution in [1.29, 1.82) is 0 Å². The molecule has 0 saturated carbocycles. The number of pyridine rings is 5. The van der Waals surface area contributed by atoms with Gasteiger partial charge in [0, 0.05) is 93.6 Å². The molecular formula is C129H147F2N10+5. The van der Waals surface area contributed by atoms with Crippen molar-refractivity contribution < 1.29 is 31.6 Å². The van der Waals surface area contributed by atoms with Crippen molar-refractivity contribution in [3.63, 3.8) is 0 Å². The Morgan fingerprint density at radius 2 is 0.511 bits per heavy atom. The molecule has 0 N–H and O–H groups in total. The first kappa shape index (κ1) is 103. The van der Waals surface area contributed by atoms with E-state index in [0.717, 1.165) is 84.2 Å². The van der Waals surface area contributed by atoms with Crippen molar-refractivity contribution in [1.82, 2.24) is 22.8 Å². The van der Waals surface area contributed by atoms with E-state index in [1.807, 2.05) is 81.0 Å². The van der Waals surface area contributed by atoms with Crippen LogP contribution in [0.25, 0.3) is 119 Å². The molecule has 0 unspecified atom stereocenters. The third kappa shape index (κ3) is 21.7. The number of rotatable bonds is 18. The number of halogens is 2. The van der Waals surface area contributed by atoms with E-state index in [9.17, 15) is 0 Å². The fraction of sp³-hybridized carbons (Fsp3) is 0.279. The molecule has 141 heavy (non-hydrogen) atoms. The summed E-state index contributed by atoms with van der Waals surface area (Å²) in [6.45, 7) is 56.8. The second-order valence-corrected chi connectivity index (χ2v) is 40.8. The van der Waals surface area contributed by atoms with Crippen LogP contribution >= 0.6 is 0 Å². The van der Waals surface area contributed by atoms with Gasteiger partial charge in [0.25, 0.3) is 0 Å². The van der Waals surface area contributed by atoms with Crippen LogP contribution in [0.2, 0.25) is 0 Å². The molecule has 722 valence electrons. The first-order valence-corrected chi connectivity index (χ1v) is 50.1. The topological polar surface area (TPSA) is 44.0 Å². The van der Waals surface area contributed by atoms with Crippen LogP contribution in [-0.4, -0.2) is 22.8 Å². The molecule has 0 amide bonds. The first-order valence-electron chi connectivity index (χ1n) is 50.1. The van der Waals surface area contributed by atoms with Crippen molar-refractivity contribution in [2.75, 3.05) is 0 Å².